The maximum Gasteiger partial charge on any atom is 0.346 e. The minimum absolute atomic E-state index is 0.152. The highest BCUT2D eigenvalue weighted by atomic mass is 35.5. The molecular formula is C22H14ClFO3. The van der Waals surface area contributed by atoms with Crippen molar-refractivity contribution in [2.45, 2.75) is 0 Å². The number of esters is 1. The van der Waals surface area contributed by atoms with E-state index in [4.69, 9.17) is 16.3 Å². The van der Waals surface area contributed by atoms with Crippen molar-refractivity contribution in [1.82, 2.24) is 0 Å². The third-order valence-electron chi connectivity index (χ3n) is 3.76. The lowest BCUT2D eigenvalue weighted by Crippen LogP contribution is -2.10. The summed E-state index contributed by atoms with van der Waals surface area (Å²) in [4.78, 5) is 24.2. The van der Waals surface area contributed by atoms with Crippen LogP contribution in [0, 0.1) is 5.82 Å². The van der Waals surface area contributed by atoms with E-state index in [1.54, 1.807) is 24.3 Å². The lowest BCUT2D eigenvalue weighted by molar-refractivity contribution is 0.0730. The molecule has 0 unspecified atom stereocenters. The molecule has 0 bridgehead atoms. The number of rotatable bonds is 5. The summed E-state index contributed by atoms with van der Waals surface area (Å²) in [5.41, 5.74) is 1.01. The Morgan fingerprint density at radius 1 is 0.889 bits per heavy atom. The molecule has 0 aromatic heterocycles. The van der Waals surface area contributed by atoms with E-state index in [0.29, 0.717) is 10.6 Å². The first-order valence-corrected chi connectivity index (χ1v) is 8.46. The number of hydrogen-bond donors (Lipinski definition) is 0. The summed E-state index contributed by atoms with van der Waals surface area (Å²) < 4.78 is 18.7. The maximum absolute atomic E-state index is 13.6. The standard InChI is InChI=1S/C22H14ClFO3/c23-19-7-3-1-5-15(19)11-14-21(25)16-9-12-17(13-10-16)27-22(26)18-6-2-4-8-20(18)24/h1-14H. The van der Waals surface area contributed by atoms with Gasteiger partial charge in [0.05, 0.1) is 5.56 Å². The highest BCUT2D eigenvalue weighted by Crippen LogP contribution is 2.18. The number of carbonyl (C=O) groups excluding carboxylic acids is 2. The van der Waals surface area contributed by atoms with Crippen LogP contribution in [-0.4, -0.2) is 11.8 Å². The first-order chi connectivity index (χ1) is 13.0. The smallest absolute Gasteiger partial charge is 0.346 e. The molecule has 134 valence electrons. The van der Waals surface area contributed by atoms with Crippen LogP contribution < -0.4 is 4.74 Å². The molecule has 3 aromatic carbocycles. The molecule has 0 aliphatic carbocycles. The molecule has 0 aliphatic rings. The molecule has 0 radical (unpaired) electrons. The molecule has 0 atom stereocenters. The number of carbonyl (C=O) groups is 2. The van der Waals surface area contributed by atoms with Gasteiger partial charge < -0.3 is 4.74 Å². The Morgan fingerprint density at radius 3 is 2.26 bits per heavy atom. The van der Waals surface area contributed by atoms with Gasteiger partial charge in [-0.3, -0.25) is 4.79 Å². The van der Waals surface area contributed by atoms with Crippen LogP contribution in [0.3, 0.4) is 0 Å². The molecule has 0 N–H and O–H groups in total. The molecular weight excluding hydrogens is 367 g/mol. The van der Waals surface area contributed by atoms with E-state index in [-0.39, 0.29) is 17.1 Å². The van der Waals surface area contributed by atoms with E-state index >= 15 is 0 Å². The number of hydrogen-bond acceptors (Lipinski definition) is 3. The Balaban J connectivity index is 1.68. The zero-order chi connectivity index (χ0) is 19.2. The highest BCUT2D eigenvalue weighted by Gasteiger charge is 2.13. The van der Waals surface area contributed by atoms with E-state index in [0.717, 1.165) is 5.56 Å². The summed E-state index contributed by atoms with van der Waals surface area (Å²) in [6, 6.07) is 18.8. The van der Waals surface area contributed by atoms with Crippen LogP contribution >= 0.6 is 11.6 Å². The van der Waals surface area contributed by atoms with Crippen molar-refractivity contribution < 1.29 is 18.7 Å². The van der Waals surface area contributed by atoms with Gasteiger partial charge >= 0.3 is 5.97 Å². The van der Waals surface area contributed by atoms with Gasteiger partial charge in [-0.05, 0) is 60.2 Å². The zero-order valence-corrected chi connectivity index (χ0v) is 14.8. The molecule has 0 saturated carbocycles. The lowest BCUT2D eigenvalue weighted by Gasteiger charge is -2.05. The SMILES string of the molecule is O=C(C=Cc1ccccc1Cl)c1ccc(OC(=O)c2ccccc2F)cc1. The summed E-state index contributed by atoms with van der Waals surface area (Å²) in [6.07, 6.45) is 3.05. The second kappa shape index (κ2) is 8.43. The summed E-state index contributed by atoms with van der Waals surface area (Å²) in [6.45, 7) is 0. The van der Waals surface area contributed by atoms with Crippen molar-refractivity contribution in [2.75, 3.05) is 0 Å². The van der Waals surface area contributed by atoms with Crippen LogP contribution in [0.15, 0.2) is 78.9 Å². The number of benzene rings is 3. The van der Waals surface area contributed by atoms with E-state index in [1.165, 1.54) is 48.5 Å². The highest BCUT2D eigenvalue weighted by molar-refractivity contribution is 6.32. The van der Waals surface area contributed by atoms with E-state index < -0.39 is 11.8 Å². The molecule has 3 aromatic rings. The summed E-state index contributed by atoms with van der Waals surface area (Å²) in [5, 5.41) is 0.553. The average Bonchev–Trinajstić information content (AvgIpc) is 2.68. The van der Waals surface area contributed by atoms with Crippen LogP contribution in [0.4, 0.5) is 4.39 Å². The van der Waals surface area contributed by atoms with Crippen LogP contribution in [0.2, 0.25) is 5.02 Å². The van der Waals surface area contributed by atoms with Crippen LogP contribution in [0.5, 0.6) is 5.75 Å². The number of allylic oxidation sites excluding steroid dienone is 1. The predicted octanol–water partition coefficient (Wildman–Crippen LogP) is 5.59. The van der Waals surface area contributed by atoms with Crippen LogP contribution in [0.25, 0.3) is 6.08 Å². The van der Waals surface area contributed by atoms with Crippen molar-refractivity contribution in [3.05, 3.63) is 106 Å². The summed E-state index contributed by atoms with van der Waals surface area (Å²) in [7, 11) is 0. The third-order valence-corrected chi connectivity index (χ3v) is 4.11. The van der Waals surface area contributed by atoms with E-state index in [1.807, 2.05) is 12.1 Å². The second-order valence-electron chi connectivity index (χ2n) is 5.61. The first-order valence-electron chi connectivity index (χ1n) is 8.08. The van der Waals surface area contributed by atoms with Gasteiger partial charge in [-0.1, -0.05) is 41.9 Å². The molecule has 0 amide bonds. The number of halogens is 2. The van der Waals surface area contributed by atoms with Gasteiger partial charge in [-0.2, -0.15) is 0 Å². The largest absolute Gasteiger partial charge is 0.423 e. The fraction of sp³-hybridized carbons (Fsp3) is 0. The summed E-state index contributed by atoms with van der Waals surface area (Å²) in [5.74, 6) is -1.46. The normalized spacial score (nSPS) is 10.7. The molecule has 0 saturated heterocycles. The van der Waals surface area contributed by atoms with Crippen LogP contribution in [0.1, 0.15) is 26.3 Å². The number of ether oxygens (including phenoxy) is 1. The maximum atomic E-state index is 13.6. The van der Waals surface area contributed by atoms with E-state index in [9.17, 15) is 14.0 Å². The summed E-state index contributed by atoms with van der Waals surface area (Å²) >= 11 is 6.05. The minimum atomic E-state index is -0.800. The molecule has 3 rings (SSSR count). The average molecular weight is 381 g/mol. The molecule has 0 spiro atoms. The predicted molar refractivity (Wildman–Crippen MR) is 103 cm³/mol. The van der Waals surface area contributed by atoms with E-state index in [2.05, 4.69) is 0 Å². The monoisotopic (exact) mass is 380 g/mol. The van der Waals surface area contributed by atoms with Gasteiger partial charge in [0.15, 0.2) is 5.78 Å². The zero-order valence-electron chi connectivity index (χ0n) is 14.1. The van der Waals surface area contributed by atoms with Gasteiger partial charge in [0.25, 0.3) is 0 Å². The Bertz CT molecular complexity index is 1010. The van der Waals surface area contributed by atoms with Gasteiger partial charge in [0.2, 0.25) is 0 Å². The molecule has 3 nitrogen and oxygen atoms in total. The first kappa shape index (κ1) is 18.5. The second-order valence-corrected chi connectivity index (χ2v) is 6.02. The topological polar surface area (TPSA) is 43.4 Å². The van der Waals surface area contributed by atoms with Crippen molar-refractivity contribution in [3.8, 4) is 5.75 Å². The third kappa shape index (κ3) is 4.68. The fourth-order valence-electron chi connectivity index (χ4n) is 2.35. The van der Waals surface area contributed by atoms with Crippen LogP contribution in [-0.2, 0) is 0 Å². The minimum Gasteiger partial charge on any atom is -0.423 e. The lowest BCUT2D eigenvalue weighted by atomic mass is 10.1. The molecule has 0 heterocycles. The Kier molecular flexibility index (Phi) is 5.79. The van der Waals surface area contributed by atoms with Gasteiger partial charge in [0, 0.05) is 10.6 Å². The molecule has 0 aliphatic heterocycles. The molecule has 5 heteroatoms. The van der Waals surface area contributed by atoms with Gasteiger partial charge in [-0.25, -0.2) is 9.18 Å². The van der Waals surface area contributed by atoms with Crippen molar-refractivity contribution in [3.63, 3.8) is 0 Å². The Hall–Kier alpha value is -3.24. The quantitative estimate of drug-likeness (QED) is 0.250. The Labute approximate surface area is 160 Å². The Morgan fingerprint density at radius 2 is 1.56 bits per heavy atom. The van der Waals surface area contributed by atoms with Crippen molar-refractivity contribution in [2.24, 2.45) is 0 Å². The van der Waals surface area contributed by atoms with Crippen molar-refractivity contribution >= 4 is 29.4 Å². The van der Waals surface area contributed by atoms with Gasteiger partial charge in [-0.15, -0.1) is 0 Å². The van der Waals surface area contributed by atoms with Gasteiger partial charge in [0.1, 0.15) is 11.6 Å². The van der Waals surface area contributed by atoms with Crippen molar-refractivity contribution in [1.29, 1.82) is 0 Å². The molecule has 0 fully saturated rings. The fourth-order valence-corrected chi connectivity index (χ4v) is 2.55. The molecule has 27 heavy (non-hydrogen) atoms. The number of ketones is 1.